The Morgan fingerprint density at radius 3 is 2.31 bits per heavy atom. The van der Waals surface area contributed by atoms with E-state index >= 15 is 0 Å². The summed E-state index contributed by atoms with van der Waals surface area (Å²) in [5.74, 6) is -2.48. The van der Waals surface area contributed by atoms with E-state index in [2.05, 4.69) is 10.0 Å². The van der Waals surface area contributed by atoms with Crippen molar-refractivity contribution in [3.05, 3.63) is 47.1 Å². The van der Waals surface area contributed by atoms with E-state index < -0.39 is 27.1 Å². The lowest BCUT2D eigenvalue weighted by Crippen LogP contribution is -2.40. The molecule has 0 saturated heterocycles. The van der Waals surface area contributed by atoms with Gasteiger partial charge in [0.05, 0.1) is 21.1 Å². The van der Waals surface area contributed by atoms with Gasteiger partial charge in [-0.05, 0) is 71.3 Å². The van der Waals surface area contributed by atoms with Gasteiger partial charge in [0, 0.05) is 42.4 Å². The van der Waals surface area contributed by atoms with E-state index in [9.17, 15) is 22.3 Å². The average Bonchev–Trinajstić information content (AvgIpc) is 3.19. The highest BCUT2D eigenvalue weighted by Crippen LogP contribution is 2.42. The van der Waals surface area contributed by atoms with E-state index in [4.69, 9.17) is 4.98 Å². The summed E-state index contributed by atoms with van der Waals surface area (Å²) >= 11 is 1.52. The van der Waals surface area contributed by atoms with Gasteiger partial charge in [-0.25, -0.2) is 26.9 Å². The molecule has 1 heterocycles. The molecule has 1 fully saturated rings. The number of aromatic nitrogens is 1. The first-order valence-electron chi connectivity index (χ1n) is 13.4. The molecule has 0 spiro atoms. The van der Waals surface area contributed by atoms with Gasteiger partial charge in [0.2, 0.25) is 15.9 Å². The monoisotopic (exact) mass is 579 g/mol. The van der Waals surface area contributed by atoms with Crippen LogP contribution in [-0.4, -0.2) is 42.1 Å². The van der Waals surface area contributed by atoms with E-state index in [1.807, 2.05) is 30.3 Å². The lowest BCUT2D eigenvalue weighted by molar-refractivity contribution is -0.0457. The predicted molar refractivity (Wildman–Crippen MR) is 154 cm³/mol. The van der Waals surface area contributed by atoms with Crippen LogP contribution in [0, 0.1) is 5.92 Å². The number of nitrogens with one attached hydrogen (secondary N) is 2. The fourth-order valence-electron chi connectivity index (χ4n) is 5.04. The zero-order valence-electron chi connectivity index (χ0n) is 23.3. The Hall–Kier alpha value is -1.98. The van der Waals surface area contributed by atoms with Crippen LogP contribution in [0.25, 0.3) is 21.2 Å². The number of hydrogen-bond acceptors (Lipinski definition) is 6. The molecule has 3 aromatic rings. The normalized spacial score (nSPS) is 17.1. The lowest BCUT2D eigenvalue weighted by atomic mass is 9.83. The molecule has 0 radical (unpaired) electrons. The Kier molecular flexibility index (Phi) is 8.55. The molecule has 3 N–H and O–H groups in total. The molecule has 1 saturated carbocycles. The molecule has 2 aromatic carbocycles. The highest BCUT2D eigenvalue weighted by Gasteiger charge is 2.35. The number of fused-ring (bicyclic) bond motifs is 1. The summed E-state index contributed by atoms with van der Waals surface area (Å²) in [7, 11) is -3.78. The molecule has 1 aliphatic rings. The number of aliphatic hydroxyl groups is 1. The Labute approximate surface area is 234 Å². The fraction of sp³-hybridized carbons (Fsp3) is 0.552. The fourth-order valence-corrected chi connectivity index (χ4v) is 7.77. The maximum absolute atomic E-state index is 13.8. The first-order chi connectivity index (χ1) is 18.0. The molecular weight excluding hydrogens is 540 g/mol. The molecule has 39 heavy (non-hydrogen) atoms. The number of sulfonamides is 1. The van der Waals surface area contributed by atoms with Crippen molar-refractivity contribution in [2.45, 2.75) is 95.2 Å². The Morgan fingerprint density at radius 2 is 1.69 bits per heavy atom. The molecule has 0 amide bonds. The SMILES string of the molecule is CC(C)(O)CNCc1nc(CC2CCC(F)(F)CC2)c(-c2ccc(S(=O)(=O)NC(C)(C)C)c3ccccc23)s1. The standard InChI is InChI=1S/C29H39F2N3O3S2/c1-27(2,3)34-39(36,37)24-11-10-22(20-8-6-7-9-21(20)24)26-23(16-19-12-14-29(30,31)15-13-19)33-25(38-26)17-32-18-28(4,5)35/h6-11,19,32,34-35H,12-18H2,1-5H3. The molecule has 10 heteroatoms. The highest BCUT2D eigenvalue weighted by molar-refractivity contribution is 7.89. The number of hydrogen-bond donors (Lipinski definition) is 3. The number of alkyl halides is 2. The van der Waals surface area contributed by atoms with Gasteiger partial charge in [0.1, 0.15) is 5.01 Å². The van der Waals surface area contributed by atoms with E-state index in [0.29, 0.717) is 37.7 Å². The van der Waals surface area contributed by atoms with Gasteiger partial charge < -0.3 is 10.4 Å². The topological polar surface area (TPSA) is 91.3 Å². The number of benzene rings is 2. The predicted octanol–water partition coefficient (Wildman–Crippen LogP) is 6.27. The smallest absolute Gasteiger partial charge is 0.248 e. The van der Waals surface area contributed by atoms with Gasteiger partial charge in [0.25, 0.3) is 0 Å². The summed E-state index contributed by atoms with van der Waals surface area (Å²) in [6, 6.07) is 10.9. The van der Waals surface area contributed by atoms with Crippen molar-refractivity contribution >= 4 is 32.1 Å². The summed E-state index contributed by atoms with van der Waals surface area (Å²) in [5.41, 5.74) is 0.228. The first-order valence-corrected chi connectivity index (χ1v) is 15.7. The third kappa shape index (κ3) is 7.82. The lowest BCUT2D eigenvalue weighted by Gasteiger charge is -2.28. The van der Waals surface area contributed by atoms with Crippen molar-refractivity contribution < 1.29 is 22.3 Å². The van der Waals surface area contributed by atoms with Gasteiger partial charge in [-0.15, -0.1) is 11.3 Å². The Morgan fingerprint density at radius 1 is 1.05 bits per heavy atom. The molecule has 0 atom stereocenters. The summed E-state index contributed by atoms with van der Waals surface area (Å²) in [5, 5.41) is 15.6. The second-order valence-electron chi connectivity index (χ2n) is 12.3. The molecular formula is C29H39F2N3O3S2. The maximum atomic E-state index is 13.8. The molecule has 0 aliphatic heterocycles. The summed E-state index contributed by atoms with van der Waals surface area (Å²) in [6.45, 7) is 9.73. The van der Waals surface area contributed by atoms with Crippen LogP contribution >= 0.6 is 11.3 Å². The Bertz CT molecular complexity index is 1410. The minimum Gasteiger partial charge on any atom is -0.389 e. The van der Waals surface area contributed by atoms with Gasteiger partial charge in [-0.3, -0.25) is 0 Å². The molecule has 4 rings (SSSR count). The van der Waals surface area contributed by atoms with Crippen LogP contribution in [0.2, 0.25) is 0 Å². The summed E-state index contributed by atoms with van der Waals surface area (Å²) in [6.07, 6.45) is 1.29. The zero-order valence-corrected chi connectivity index (χ0v) is 24.9. The molecule has 1 aromatic heterocycles. The minimum absolute atomic E-state index is 0.104. The van der Waals surface area contributed by atoms with E-state index in [-0.39, 0.29) is 23.7 Å². The van der Waals surface area contributed by atoms with E-state index in [1.165, 1.54) is 11.3 Å². The zero-order chi connectivity index (χ0) is 28.6. The van der Waals surface area contributed by atoms with Crippen LogP contribution < -0.4 is 10.0 Å². The number of nitrogens with zero attached hydrogens (tertiary/aromatic N) is 1. The van der Waals surface area contributed by atoms with E-state index in [1.54, 1.807) is 40.7 Å². The second kappa shape index (κ2) is 11.1. The van der Waals surface area contributed by atoms with Crippen LogP contribution in [-0.2, 0) is 23.0 Å². The van der Waals surface area contributed by atoms with Crippen LogP contribution in [0.3, 0.4) is 0 Å². The second-order valence-corrected chi connectivity index (χ2v) is 15.0. The number of halogens is 2. The largest absolute Gasteiger partial charge is 0.389 e. The molecule has 6 nitrogen and oxygen atoms in total. The number of rotatable bonds is 9. The van der Waals surface area contributed by atoms with Crippen LogP contribution in [0.4, 0.5) is 8.78 Å². The van der Waals surface area contributed by atoms with Crippen LogP contribution in [0.1, 0.15) is 71.0 Å². The van der Waals surface area contributed by atoms with Gasteiger partial charge >= 0.3 is 0 Å². The van der Waals surface area contributed by atoms with Crippen molar-refractivity contribution in [3.63, 3.8) is 0 Å². The van der Waals surface area contributed by atoms with Crippen molar-refractivity contribution in [2.24, 2.45) is 5.92 Å². The average molecular weight is 580 g/mol. The van der Waals surface area contributed by atoms with Crippen LogP contribution in [0.15, 0.2) is 41.3 Å². The van der Waals surface area contributed by atoms with Crippen molar-refractivity contribution in [1.29, 1.82) is 0 Å². The summed E-state index contributed by atoms with van der Waals surface area (Å²) < 4.78 is 56.9. The maximum Gasteiger partial charge on any atom is 0.248 e. The van der Waals surface area contributed by atoms with E-state index in [0.717, 1.165) is 26.5 Å². The van der Waals surface area contributed by atoms with Crippen molar-refractivity contribution in [1.82, 2.24) is 15.0 Å². The molecule has 0 unspecified atom stereocenters. The van der Waals surface area contributed by atoms with Gasteiger partial charge in [0.15, 0.2) is 0 Å². The molecule has 214 valence electrons. The summed E-state index contributed by atoms with van der Waals surface area (Å²) in [4.78, 5) is 6.06. The highest BCUT2D eigenvalue weighted by atomic mass is 32.2. The Balaban J connectivity index is 1.75. The molecule has 0 bridgehead atoms. The van der Waals surface area contributed by atoms with Gasteiger partial charge in [-0.2, -0.15) is 0 Å². The van der Waals surface area contributed by atoms with Crippen molar-refractivity contribution in [3.8, 4) is 10.4 Å². The van der Waals surface area contributed by atoms with Crippen LogP contribution in [0.5, 0.6) is 0 Å². The third-order valence-electron chi connectivity index (χ3n) is 6.75. The molecule has 1 aliphatic carbocycles. The quantitative estimate of drug-likeness (QED) is 0.278. The van der Waals surface area contributed by atoms with Gasteiger partial charge in [-0.1, -0.05) is 30.3 Å². The third-order valence-corrected chi connectivity index (χ3v) is 9.70. The van der Waals surface area contributed by atoms with Crippen molar-refractivity contribution in [2.75, 3.05) is 6.54 Å². The first kappa shape index (κ1) is 30.0. The number of thiazole rings is 1. The minimum atomic E-state index is -3.78.